The van der Waals surface area contributed by atoms with Crippen LogP contribution in [0.2, 0.25) is 0 Å². The molecule has 0 aliphatic rings. The molecule has 0 saturated heterocycles. The Bertz CT molecular complexity index is 579. The van der Waals surface area contributed by atoms with Crippen LogP contribution in [0.25, 0.3) is 0 Å². The lowest BCUT2D eigenvalue weighted by molar-refractivity contribution is -0.385. The van der Waals surface area contributed by atoms with Crippen molar-refractivity contribution in [1.29, 1.82) is 0 Å². The fourth-order valence-electron chi connectivity index (χ4n) is 1.86. The van der Waals surface area contributed by atoms with Crippen LogP contribution >= 0.6 is 0 Å². The number of hydrogen-bond donors (Lipinski definition) is 1. The van der Waals surface area contributed by atoms with Gasteiger partial charge in [0.2, 0.25) is 6.41 Å². The van der Waals surface area contributed by atoms with Crippen molar-refractivity contribution in [3.63, 3.8) is 0 Å². The largest absolute Gasteiger partial charge is 0.465 e. The van der Waals surface area contributed by atoms with Gasteiger partial charge >= 0.3 is 5.97 Å². The number of nitrogens with one attached hydrogen (secondary N) is 1. The summed E-state index contributed by atoms with van der Waals surface area (Å²) in [4.78, 5) is 33.2. The Hall–Kier alpha value is -2.48. The van der Waals surface area contributed by atoms with E-state index in [1.54, 1.807) is 20.8 Å². The van der Waals surface area contributed by atoms with Crippen LogP contribution in [0.1, 0.15) is 42.9 Å². The maximum absolute atomic E-state index is 11.9. The molecular weight excluding hydrogens is 292 g/mol. The van der Waals surface area contributed by atoms with Crippen molar-refractivity contribution in [2.45, 2.75) is 32.6 Å². The van der Waals surface area contributed by atoms with Gasteiger partial charge in [0.15, 0.2) is 6.23 Å². The molecule has 0 aliphatic carbocycles. The van der Waals surface area contributed by atoms with Crippen LogP contribution in [0.4, 0.5) is 5.69 Å². The third kappa shape index (κ3) is 4.26. The number of esters is 1. The highest BCUT2D eigenvalue weighted by atomic mass is 16.6. The van der Waals surface area contributed by atoms with Gasteiger partial charge in [0.25, 0.3) is 5.69 Å². The number of hydrogen-bond acceptors (Lipinski definition) is 6. The first kappa shape index (κ1) is 17.6. The zero-order valence-corrected chi connectivity index (χ0v) is 12.8. The van der Waals surface area contributed by atoms with E-state index in [2.05, 4.69) is 10.1 Å². The molecule has 1 unspecified atom stereocenters. The van der Waals surface area contributed by atoms with Gasteiger partial charge in [0.05, 0.1) is 17.6 Å². The van der Waals surface area contributed by atoms with Gasteiger partial charge < -0.3 is 14.8 Å². The fourth-order valence-corrected chi connectivity index (χ4v) is 1.86. The summed E-state index contributed by atoms with van der Waals surface area (Å²) in [6.07, 6.45) is -0.623. The van der Waals surface area contributed by atoms with Crippen molar-refractivity contribution < 1.29 is 24.0 Å². The quantitative estimate of drug-likeness (QED) is 0.283. The Morgan fingerprint density at radius 1 is 1.41 bits per heavy atom. The Labute approximate surface area is 127 Å². The number of ether oxygens (including phenoxy) is 2. The predicted octanol–water partition coefficient (Wildman–Crippen LogP) is 1.94. The van der Waals surface area contributed by atoms with Crippen LogP contribution in [0.15, 0.2) is 18.2 Å². The lowest BCUT2D eigenvalue weighted by Gasteiger charge is -2.28. The number of carbonyl (C=O) groups is 2. The number of carbonyl (C=O) groups excluding carboxylic acids is 2. The lowest BCUT2D eigenvalue weighted by Crippen LogP contribution is -2.32. The van der Waals surface area contributed by atoms with E-state index in [1.165, 1.54) is 18.2 Å². The first-order chi connectivity index (χ1) is 10.2. The number of nitrogens with zero attached hydrogens (tertiary/aromatic N) is 1. The Kier molecular flexibility index (Phi) is 5.58. The summed E-state index contributed by atoms with van der Waals surface area (Å²) >= 11 is 0. The molecule has 8 heteroatoms. The van der Waals surface area contributed by atoms with Crippen molar-refractivity contribution in [3.8, 4) is 0 Å². The lowest BCUT2D eigenvalue weighted by atomic mass is 10.0. The molecule has 1 N–H and O–H groups in total. The average molecular weight is 310 g/mol. The molecule has 0 heterocycles. The molecule has 22 heavy (non-hydrogen) atoms. The van der Waals surface area contributed by atoms with Crippen LogP contribution in [-0.4, -0.2) is 30.0 Å². The highest BCUT2D eigenvalue weighted by molar-refractivity contribution is 5.95. The number of nitro benzene ring substituents is 1. The van der Waals surface area contributed by atoms with E-state index in [0.717, 1.165) is 7.11 Å². The van der Waals surface area contributed by atoms with Crippen molar-refractivity contribution in [2.24, 2.45) is 0 Å². The zero-order chi connectivity index (χ0) is 16.9. The molecule has 0 aliphatic heterocycles. The average Bonchev–Trinajstić information content (AvgIpc) is 2.43. The van der Waals surface area contributed by atoms with Crippen molar-refractivity contribution in [3.05, 3.63) is 39.4 Å². The zero-order valence-electron chi connectivity index (χ0n) is 12.8. The van der Waals surface area contributed by atoms with Gasteiger partial charge in [-0.2, -0.15) is 0 Å². The SMILES string of the molecule is COC(=O)c1c(C(NC=O)OC(C)(C)C)cccc1[N+](=O)[O-]. The molecule has 1 amide bonds. The van der Waals surface area contributed by atoms with Gasteiger partial charge in [-0.25, -0.2) is 4.79 Å². The molecule has 1 atom stereocenters. The van der Waals surface area contributed by atoms with E-state index in [9.17, 15) is 19.7 Å². The number of amides is 1. The van der Waals surface area contributed by atoms with Crippen LogP contribution in [0.5, 0.6) is 0 Å². The molecule has 0 fully saturated rings. The molecule has 1 aromatic carbocycles. The molecule has 0 aromatic heterocycles. The monoisotopic (exact) mass is 310 g/mol. The van der Waals surface area contributed by atoms with Gasteiger partial charge in [-0.05, 0) is 20.8 Å². The Morgan fingerprint density at radius 3 is 2.50 bits per heavy atom. The highest BCUT2D eigenvalue weighted by Crippen LogP contribution is 2.30. The van der Waals surface area contributed by atoms with E-state index in [4.69, 9.17) is 4.74 Å². The van der Waals surface area contributed by atoms with Crippen LogP contribution in [0, 0.1) is 10.1 Å². The first-order valence-corrected chi connectivity index (χ1v) is 6.44. The minimum Gasteiger partial charge on any atom is -0.465 e. The van der Waals surface area contributed by atoms with Crippen molar-refractivity contribution in [2.75, 3.05) is 7.11 Å². The summed E-state index contributed by atoms with van der Waals surface area (Å²) in [5.41, 5.74) is -1.17. The summed E-state index contributed by atoms with van der Waals surface area (Å²) in [5, 5.41) is 13.5. The smallest absolute Gasteiger partial charge is 0.345 e. The van der Waals surface area contributed by atoms with E-state index in [0.29, 0.717) is 6.41 Å². The molecule has 0 spiro atoms. The molecule has 0 radical (unpaired) electrons. The van der Waals surface area contributed by atoms with Gasteiger partial charge in [0.1, 0.15) is 5.56 Å². The highest BCUT2D eigenvalue weighted by Gasteiger charge is 2.30. The standard InChI is InChI=1S/C14H18N2O6/c1-14(2,3)22-12(15-8-17)9-6-5-7-10(16(19)20)11(9)13(18)21-4/h5-8,12H,1-4H3,(H,15,17). The molecule has 0 bridgehead atoms. The topological polar surface area (TPSA) is 108 Å². The Morgan fingerprint density at radius 2 is 2.05 bits per heavy atom. The van der Waals surface area contributed by atoms with Gasteiger partial charge in [0, 0.05) is 11.6 Å². The van der Waals surface area contributed by atoms with E-state index >= 15 is 0 Å². The van der Waals surface area contributed by atoms with Gasteiger partial charge in [-0.15, -0.1) is 0 Å². The summed E-state index contributed by atoms with van der Waals surface area (Å²) < 4.78 is 10.3. The number of rotatable bonds is 6. The number of methoxy groups -OCH3 is 1. The first-order valence-electron chi connectivity index (χ1n) is 6.44. The third-order valence-electron chi connectivity index (χ3n) is 2.63. The van der Waals surface area contributed by atoms with Gasteiger partial charge in [-0.3, -0.25) is 14.9 Å². The minimum absolute atomic E-state index is 0.156. The fraction of sp³-hybridized carbons (Fsp3) is 0.429. The van der Waals surface area contributed by atoms with E-state index in [1.807, 2.05) is 0 Å². The van der Waals surface area contributed by atoms with E-state index < -0.39 is 28.4 Å². The molecular formula is C14H18N2O6. The third-order valence-corrected chi connectivity index (χ3v) is 2.63. The molecule has 8 nitrogen and oxygen atoms in total. The van der Waals surface area contributed by atoms with Gasteiger partial charge in [-0.1, -0.05) is 12.1 Å². The second-order valence-electron chi connectivity index (χ2n) is 5.38. The van der Waals surface area contributed by atoms with Crippen LogP contribution in [-0.2, 0) is 14.3 Å². The van der Waals surface area contributed by atoms with Crippen LogP contribution < -0.4 is 5.32 Å². The molecule has 120 valence electrons. The van der Waals surface area contributed by atoms with Crippen molar-refractivity contribution >= 4 is 18.1 Å². The summed E-state index contributed by atoms with van der Waals surface area (Å²) in [7, 11) is 1.12. The summed E-state index contributed by atoms with van der Waals surface area (Å²) in [6, 6.07) is 4.06. The number of nitro groups is 1. The normalized spacial score (nSPS) is 12.4. The number of benzene rings is 1. The minimum atomic E-state index is -1.02. The maximum Gasteiger partial charge on any atom is 0.345 e. The second-order valence-corrected chi connectivity index (χ2v) is 5.38. The maximum atomic E-state index is 11.9. The second kappa shape index (κ2) is 6.99. The molecule has 1 aromatic rings. The van der Waals surface area contributed by atoms with E-state index in [-0.39, 0.29) is 11.1 Å². The summed E-state index contributed by atoms with van der Waals surface area (Å²) in [6.45, 7) is 5.25. The van der Waals surface area contributed by atoms with Crippen molar-refractivity contribution in [1.82, 2.24) is 5.32 Å². The van der Waals surface area contributed by atoms with Crippen LogP contribution in [0.3, 0.4) is 0 Å². The molecule has 1 rings (SSSR count). The summed E-state index contributed by atoms with van der Waals surface area (Å²) in [5.74, 6) is -0.877. The Balaban J connectivity index is 3.47. The molecule has 0 saturated carbocycles. The predicted molar refractivity (Wildman–Crippen MR) is 77.2 cm³/mol.